The molecule has 1 aliphatic heterocycles. The first kappa shape index (κ1) is 16.7. The molecule has 128 valence electrons. The first-order chi connectivity index (χ1) is 11.8. The first-order valence-corrected chi connectivity index (χ1v) is 8.49. The molecule has 1 fully saturated rings. The van der Waals surface area contributed by atoms with Gasteiger partial charge in [-0.05, 0) is 43.1 Å². The predicted molar refractivity (Wildman–Crippen MR) is 91.7 cm³/mol. The van der Waals surface area contributed by atoms with E-state index in [1.807, 2.05) is 24.4 Å². The van der Waals surface area contributed by atoms with Gasteiger partial charge in [0.1, 0.15) is 5.76 Å². The maximum absolute atomic E-state index is 12.2. The molecular formula is C18H24N4O2. The van der Waals surface area contributed by atoms with Crippen LogP contribution in [0.4, 0.5) is 0 Å². The van der Waals surface area contributed by atoms with Crippen molar-refractivity contribution in [2.45, 2.75) is 19.4 Å². The molecule has 0 aromatic carbocycles. The van der Waals surface area contributed by atoms with Gasteiger partial charge in [-0.15, -0.1) is 0 Å². The topological polar surface area (TPSA) is 70.4 Å². The summed E-state index contributed by atoms with van der Waals surface area (Å²) in [6.07, 6.45) is 7.08. The average molecular weight is 328 g/mol. The lowest BCUT2D eigenvalue weighted by atomic mass is 10.1. The van der Waals surface area contributed by atoms with Gasteiger partial charge < -0.3 is 20.0 Å². The molecule has 6 heteroatoms. The fraction of sp³-hybridized carbons (Fsp3) is 0.444. The van der Waals surface area contributed by atoms with E-state index in [1.54, 1.807) is 12.5 Å². The number of nitrogens with one attached hydrogen (secondary N) is 2. The monoisotopic (exact) mass is 328 g/mol. The van der Waals surface area contributed by atoms with E-state index in [0.29, 0.717) is 12.1 Å². The first-order valence-electron chi connectivity index (χ1n) is 8.49. The molecule has 1 aliphatic rings. The summed E-state index contributed by atoms with van der Waals surface area (Å²) in [5, 5.41) is 6.21. The molecule has 6 nitrogen and oxygen atoms in total. The van der Waals surface area contributed by atoms with Gasteiger partial charge in [0.2, 0.25) is 0 Å². The van der Waals surface area contributed by atoms with Crippen molar-refractivity contribution in [3.05, 3.63) is 53.7 Å². The zero-order valence-corrected chi connectivity index (χ0v) is 13.8. The zero-order valence-electron chi connectivity index (χ0n) is 13.8. The Morgan fingerprint density at radius 3 is 3.00 bits per heavy atom. The number of hydrogen-bond donors (Lipinski definition) is 2. The highest BCUT2D eigenvalue weighted by Gasteiger charge is 2.10. The molecule has 1 saturated heterocycles. The summed E-state index contributed by atoms with van der Waals surface area (Å²) in [6.45, 7) is 5.87. The number of aryl methyl sites for hydroxylation is 1. The van der Waals surface area contributed by atoms with Crippen LogP contribution in [0.5, 0.6) is 0 Å². The quantitative estimate of drug-likeness (QED) is 0.805. The lowest BCUT2D eigenvalue weighted by molar-refractivity contribution is 0.0947. The third-order valence-electron chi connectivity index (χ3n) is 4.21. The lowest BCUT2D eigenvalue weighted by Gasteiger charge is -2.27. The van der Waals surface area contributed by atoms with Crippen molar-refractivity contribution in [1.29, 1.82) is 0 Å². The minimum absolute atomic E-state index is 0.122. The van der Waals surface area contributed by atoms with Gasteiger partial charge in [-0.1, -0.05) is 0 Å². The molecule has 0 saturated carbocycles. The highest BCUT2D eigenvalue weighted by atomic mass is 16.3. The van der Waals surface area contributed by atoms with Crippen molar-refractivity contribution >= 4 is 5.91 Å². The zero-order chi connectivity index (χ0) is 16.6. The van der Waals surface area contributed by atoms with E-state index in [2.05, 4.69) is 20.5 Å². The van der Waals surface area contributed by atoms with Gasteiger partial charge >= 0.3 is 0 Å². The largest absolute Gasteiger partial charge is 0.467 e. The van der Waals surface area contributed by atoms with Gasteiger partial charge in [-0.2, -0.15) is 0 Å². The molecule has 0 radical (unpaired) electrons. The molecular weight excluding hydrogens is 304 g/mol. The molecule has 0 spiro atoms. The predicted octanol–water partition coefficient (Wildman–Crippen LogP) is 1.44. The highest BCUT2D eigenvalue weighted by Crippen LogP contribution is 2.08. The minimum Gasteiger partial charge on any atom is -0.467 e. The number of nitrogens with zero attached hydrogens (tertiary/aromatic N) is 2. The van der Waals surface area contributed by atoms with Gasteiger partial charge in [-0.25, -0.2) is 0 Å². The summed E-state index contributed by atoms with van der Waals surface area (Å²) >= 11 is 0. The number of amides is 1. The summed E-state index contributed by atoms with van der Waals surface area (Å²) in [4.78, 5) is 18.9. The van der Waals surface area contributed by atoms with Crippen molar-refractivity contribution in [2.24, 2.45) is 0 Å². The maximum atomic E-state index is 12.2. The van der Waals surface area contributed by atoms with Crippen LogP contribution in [-0.4, -0.2) is 48.5 Å². The Balaban J connectivity index is 1.46. The number of carbonyl (C=O) groups excluding carboxylic acids is 1. The number of piperazine rings is 1. The Bertz CT molecular complexity index is 636. The van der Waals surface area contributed by atoms with Crippen LogP contribution in [0, 0.1) is 0 Å². The average Bonchev–Trinajstić information content (AvgIpc) is 3.14. The van der Waals surface area contributed by atoms with Crippen LogP contribution in [0.2, 0.25) is 0 Å². The van der Waals surface area contributed by atoms with Crippen LogP contribution in [0.15, 0.2) is 41.3 Å². The molecule has 0 atom stereocenters. The number of rotatable bonds is 7. The number of carbonyl (C=O) groups is 1. The van der Waals surface area contributed by atoms with Crippen LogP contribution in [0.25, 0.3) is 0 Å². The Kier molecular flexibility index (Phi) is 5.98. The van der Waals surface area contributed by atoms with Crippen molar-refractivity contribution < 1.29 is 9.21 Å². The maximum Gasteiger partial charge on any atom is 0.253 e. The van der Waals surface area contributed by atoms with E-state index in [4.69, 9.17) is 4.42 Å². The SMILES string of the molecule is O=C(NCc1ccco1)c1cncc(CCCN2CCNCC2)c1. The van der Waals surface area contributed by atoms with E-state index in [-0.39, 0.29) is 5.91 Å². The van der Waals surface area contributed by atoms with Crippen LogP contribution >= 0.6 is 0 Å². The Morgan fingerprint density at radius 2 is 2.21 bits per heavy atom. The third-order valence-corrected chi connectivity index (χ3v) is 4.21. The fourth-order valence-electron chi connectivity index (χ4n) is 2.87. The number of furan rings is 1. The molecule has 0 aliphatic carbocycles. The third kappa shape index (κ3) is 4.91. The molecule has 3 heterocycles. The molecule has 2 N–H and O–H groups in total. The van der Waals surface area contributed by atoms with Crippen molar-refractivity contribution in [3.63, 3.8) is 0 Å². The standard InChI is InChI=1S/C18H24N4O2/c23-18(21-14-17-4-2-10-24-17)16-11-15(12-20-13-16)3-1-7-22-8-5-19-6-9-22/h2,4,10-13,19H,1,3,5-9,14H2,(H,21,23). The van der Waals surface area contributed by atoms with E-state index >= 15 is 0 Å². The summed E-state index contributed by atoms with van der Waals surface area (Å²) in [6, 6.07) is 5.58. The lowest BCUT2D eigenvalue weighted by Crippen LogP contribution is -2.43. The van der Waals surface area contributed by atoms with Crippen molar-refractivity contribution in [2.75, 3.05) is 32.7 Å². The van der Waals surface area contributed by atoms with Gasteiger partial charge in [0.15, 0.2) is 0 Å². The normalized spacial score (nSPS) is 15.3. The van der Waals surface area contributed by atoms with E-state index in [0.717, 1.165) is 56.9 Å². The van der Waals surface area contributed by atoms with Gasteiger partial charge in [0.25, 0.3) is 5.91 Å². The molecule has 24 heavy (non-hydrogen) atoms. The Morgan fingerprint density at radius 1 is 1.33 bits per heavy atom. The number of pyridine rings is 1. The molecule has 1 amide bonds. The Hall–Kier alpha value is -2.18. The number of aromatic nitrogens is 1. The molecule has 0 bridgehead atoms. The van der Waals surface area contributed by atoms with Crippen LogP contribution in [-0.2, 0) is 13.0 Å². The number of hydrogen-bond acceptors (Lipinski definition) is 5. The second kappa shape index (κ2) is 8.61. The van der Waals surface area contributed by atoms with Gasteiger partial charge in [-0.3, -0.25) is 9.78 Å². The minimum atomic E-state index is -0.122. The Labute approximate surface area is 142 Å². The summed E-state index contributed by atoms with van der Waals surface area (Å²) in [5.74, 6) is 0.617. The summed E-state index contributed by atoms with van der Waals surface area (Å²) in [7, 11) is 0. The summed E-state index contributed by atoms with van der Waals surface area (Å²) in [5.41, 5.74) is 1.71. The van der Waals surface area contributed by atoms with Crippen LogP contribution in [0.3, 0.4) is 0 Å². The molecule has 3 rings (SSSR count). The van der Waals surface area contributed by atoms with Gasteiger partial charge in [0, 0.05) is 38.6 Å². The summed E-state index contributed by atoms with van der Waals surface area (Å²) < 4.78 is 5.21. The molecule has 0 unspecified atom stereocenters. The fourth-order valence-corrected chi connectivity index (χ4v) is 2.87. The second-order valence-electron chi connectivity index (χ2n) is 6.04. The highest BCUT2D eigenvalue weighted by molar-refractivity contribution is 5.93. The van der Waals surface area contributed by atoms with E-state index in [1.165, 1.54) is 0 Å². The van der Waals surface area contributed by atoms with E-state index < -0.39 is 0 Å². The second-order valence-corrected chi connectivity index (χ2v) is 6.04. The molecule has 2 aromatic heterocycles. The van der Waals surface area contributed by atoms with E-state index in [9.17, 15) is 4.79 Å². The van der Waals surface area contributed by atoms with Crippen LogP contribution < -0.4 is 10.6 Å². The smallest absolute Gasteiger partial charge is 0.253 e. The van der Waals surface area contributed by atoms with Crippen molar-refractivity contribution in [1.82, 2.24) is 20.5 Å². The van der Waals surface area contributed by atoms with Gasteiger partial charge in [0.05, 0.1) is 18.4 Å². The van der Waals surface area contributed by atoms with Crippen LogP contribution in [0.1, 0.15) is 28.1 Å². The molecule has 2 aromatic rings. The van der Waals surface area contributed by atoms with Crippen molar-refractivity contribution in [3.8, 4) is 0 Å².